The van der Waals surface area contributed by atoms with E-state index in [9.17, 15) is 8.42 Å². The first-order valence-corrected chi connectivity index (χ1v) is 9.06. The van der Waals surface area contributed by atoms with Crippen LogP contribution in [0.3, 0.4) is 0 Å². The van der Waals surface area contributed by atoms with Crippen molar-refractivity contribution in [1.82, 2.24) is 14.5 Å². The average molecular weight is 327 g/mol. The summed E-state index contributed by atoms with van der Waals surface area (Å²) in [5.41, 5.74) is 3.47. The third-order valence-electron chi connectivity index (χ3n) is 3.38. The van der Waals surface area contributed by atoms with Crippen LogP contribution in [0, 0.1) is 0 Å². The van der Waals surface area contributed by atoms with Gasteiger partial charge in [-0.15, -0.1) is 0 Å². The molecule has 0 unspecified atom stereocenters. The Morgan fingerprint density at radius 2 is 1.61 bits per heavy atom. The molecule has 0 saturated carbocycles. The minimum atomic E-state index is -3.26. The number of hydrogen-bond acceptors (Lipinski definition) is 3. The highest BCUT2D eigenvalue weighted by molar-refractivity contribution is 7.88. The highest BCUT2D eigenvalue weighted by atomic mass is 32.2. The van der Waals surface area contributed by atoms with Gasteiger partial charge in [0.15, 0.2) is 0 Å². The molecule has 0 radical (unpaired) electrons. The molecule has 0 amide bonds. The van der Waals surface area contributed by atoms with Gasteiger partial charge < -0.3 is 0 Å². The first-order valence-electron chi connectivity index (χ1n) is 7.17. The van der Waals surface area contributed by atoms with Gasteiger partial charge >= 0.3 is 0 Å². The molecule has 118 valence electrons. The summed E-state index contributed by atoms with van der Waals surface area (Å²) >= 11 is 0. The van der Waals surface area contributed by atoms with Crippen LogP contribution in [0.25, 0.3) is 16.9 Å². The molecule has 0 fully saturated rings. The quantitative estimate of drug-likeness (QED) is 0.783. The Kier molecular flexibility index (Phi) is 4.27. The predicted molar refractivity (Wildman–Crippen MR) is 90.7 cm³/mol. The molecule has 0 aliphatic rings. The van der Waals surface area contributed by atoms with Gasteiger partial charge in [0.1, 0.15) is 0 Å². The zero-order valence-electron chi connectivity index (χ0n) is 12.7. The summed E-state index contributed by atoms with van der Waals surface area (Å²) in [5.74, 6) is 0. The van der Waals surface area contributed by atoms with Gasteiger partial charge in [-0.3, -0.25) is 0 Å². The molecule has 2 aromatic carbocycles. The molecule has 0 saturated heterocycles. The van der Waals surface area contributed by atoms with Crippen molar-refractivity contribution in [2.75, 3.05) is 6.26 Å². The molecule has 0 aliphatic carbocycles. The Morgan fingerprint density at radius 1 is 1.00 bits per heavy atom. The van der Waals surface area contributed by atoms with Crippen molar-refractivity contribution in [1.29, 1.82) is 0 Å². The predicted octanol–water partition coefficient (Wildman–Crippen LogP) is 2.59. The van der Waals surface area contributed by atoms with E-state index in [-0.39, 0.29) is 6.54 Å². The van der Waals surface area contributed by atoms with Crippen molar-refractivity contribution < 1.29 is 8.42 Å². The fraction of sp³-hybridized carbons (Fsp3) is 0.118. The summed E-state index contributed by atoms with van der Waals surface area (Å²) < 4.78 is 27.1. The molecule has 5 nitrogen and oxygen atoms in total. The van der Waals surface area contributed by atoms with Gasteiger partial charge in [-0.25, -0.2) is 17.8 Å². The summed E-state index contributed by atoms with van der Waals surface area (Å²) in [6, 6.07) is 19.5. The molecule has 0 aliphatic heterocycles. The molecule has 1 heterocycles. The van der Waals surface area contributed by atoms with E-state index in [0.29, 0.717) is 0 Å². The van der Waals surface area contributed by atoms with Crippen LogP contribution in [-0.4, -0.2) is 24.5 Å². The van der Waals surface area contributed by atoms with Crippen LogP contribution in [0.4, 0.5) is 0 Å². The Bertz CT molecular complexity index is 888. The summed E-state index contributed by atoms with van der Waals surface area (Å²) in [6.07, 6.45) is 3.01. The number of para-hydroxylation sites is 1. The van der Waals surface area contributed by atoms with Gasteiger partial charge in [-0.2, -0.15) is 5.10 Å². The van der Waals surface area contributed by atoms with Crippen LogP contribution in [0.2, 0.25) is 0 Å². The second kappa shape index (κ2) is 6.36. The topological polar surface area (TPSA) is 64.0 Å². The molecular weight excluding hydrogens is 310 g/mol. The third-order valence-corrected chi connectivity index (χ3v) is 4.05. The molecule has 3 rings (SSSR count). The minimum Gasteiger partial charge on any atom is -0.240 e. The summed E-state index contributed by atoms with van der Waals surface area (Å²) in [6.45, 7) is 0.204. The van der Waals surface area contributed by atoms with Crippen molar-refractivity contribution in [2.24, 2.45) is 0 Å². The number of aromatic nitrogens is 2. The van der Waals surface area contributed by atoms with Gasteiger partial charge in [-0.05, 0) is 12.1 Å². The van der Waals surface area contributed by atoms with Crippen molar-refractivity contribution in [3.8, 4) is 16.9 Å². The summed E-state index contributed by atoms with van der Waals surface area (Å²) in [7, 11) is -3.26. The van der Waals surface area contributed by atoms with Crippen LogP contribution in [0.1, 0.15) is 5.56 Å². The molecule has 0 spiro atoms. The highest BCUT2D eigenvalue weighted by Crippen LogP contribution is 2.23. The Morgan fingerprint density at radius 3 is 2.22 bits per heavy atom. The van der Waals surface area contributed by atoms with Crippen molar-refractivity contribution in [3.05, 3.63) is 72.4 Å². The molecule has 0 atom stereocenters. The number of benzene rings is 2. The number of nitrogens with zero attached hydrogens (tertiary/aromatic N) is 2. The third kappa shape index (κ3) is 3.85. The van der Waals surface area contributed by atoms with E-state index in [0.717, 1.165) is 28.8 Å². The molecule has 3 aromatic rings. The largest absolute Gasteiger partial charge is 0.240 e. The summed E-state index contributed by atoms with van der Waals surface area (Å²) in [5, 5.41) is 4.63. The Balaban J connectivity index is 2.03. The first-order chi connectivity index (χ1) is 11.0. The smallest absolute Gasteiger partial charge is 0.209 e. The Hall–Kier alpha value is -2.44. The van der Waals surface area contributed by atoms with Crippen molar-refractivity contribution in [3.63, 3.8) is 0 Å². The van der Waals surface area contributed by atoms with E-state index in [1.807, 2.05) is 66.9 Å². The molecule has 6 heteroatoms. The van der Waals surface area contributed by atoms with Gasteiger partial charge in [0.25, 0.3) is 0 Å². The zero-order valence-corrected chi connectivity index (χ0v) is 13.5. The van der Waals surface area contributed by atoms with Gasteiger partial charge in [0.2, 0.25) is 10.0 Å². The van der Waals surface area contributed by atoms with E-state index in [1.54, 1.807) is 4.68 Å². The molecule has 1 aromatic heterocycles. The van der Waals surface area contributed by atoms with Crippen molar-refractivity contribution >= 4 is 10.0 Å². The van der Waals surface area contributed by atoms with E-state index in [1.165, 1.54) is 0 Å². The van der Waals surface area contributed by atoms with Crippen LogP contribution in [0.5, 0.6) is 0 Å². The van der Waals surface area contributed by atoms with E-state index >= 15 is 0 Å². The highest BCUT2D eigenvalue weighted by Gasteiger charge is 2.13. The van der Waals surface area contributed by atoms with Gasteiger partial charge in [-0.1, -0.05) is 48.5 Å². The molecule has 23 heavy (non-hydrogen) atoms. The van der Waals surface area contributed by atoms with E-state index in [4.69, 9.17) is 0 Å². The van der Waals surface area contributed by atoms with Gasteiger partial charge in [0.05, 0.1) is 17.6 Å². The van der Waals surface area contributed by atoms with Crippen LogP contribution in [0.15, 0.2) is 66.9 Å². The second-order valence-corrected chi connectivity index (χ2v) is 7.08. The maximum absolute atomic E-state index is 11.4. The lowest BCUT2D eigenvalue weighted by Gasteiger charge is -2.03. The average Bonchev–Trinajstić information content (AvgIpc) is 2.98. The van der Waals surface area contributed by atoms with Crippen LogP contribution >= 0.6 is 0 Å². The number of hydrogen-bond donors (Lipinski definition) is 1. The lowest BCUT2D eigenvalue weighted by atomic mass is 10.1. The zero-order chi connectivity index (χ0) is 16.3. The normalized spacial score (nSPS) is 11.5. The van der Waals surface area contributed by atoms with Gasteiger partial charge in [0, 0.05) is 23.9 Å². The van der Waals surface area contributed by atoms with Crippen LogP contribution < -0.4 is 4.72 Å². The lowest BCUT2D eigenvalue weighted by Crippen LogP contribution is -2.21. The first kappa shape index (κ1) is 15.5. The van der Waals surface area contributed by atoms with Crippen molar-refractivity contribution in [2.45, 2.75) is 6.54 Å². The molecular formula is C17H17N3O2S. The number of rotatable bonds is 5. The maximum atomic E-state index is 11.4. The SMILES string of the molecule is CS(=O)(=O)NCc1cn(-c2ccccc2)nc1-c1ccccc1. The van der Waals surface area contributed by atoms with Crippen LogP contribution in [-0.2, 0) is 16.6 Å². The Labute approximate surface area is 135 Å². The maximum Gasteiger partial charge on any atom is 0.209 e. The lowest BCUT2D eigenvalue weighted by molar-refractivity contribution is 0.587. The minimum absolute atomic E-state index is 0.204. The molecule has 1 N–H and O–H groups in total. The number of sulfonamides is 1. The standard InChI is InChI=1S/C17H17N3O2S/c1-23(21,22)18-12-15-13-20(16-10-6-3-7-11-16)19-17(15)14-8-4-2-5-9-14/h2-11,13,18H,12H2,1H3. The van der Waals surface area contributed by atoms with E-state index in [2.05, 4.69) is 9.82 Å². The molecule has 0 bridgehead atoms. The number of nitrogens with one attached hydrogen (secondary N) is 1. The fourth-order valence-electron chi connectivity index (χ4n) is 2.30. The fourth-order valence-corrected chi connectivity index (χ4v) is 2.72. The summed E-state index contributed by atoms with van der Waals surface area (Å²) in [4.78, 5) is 0. The monoisotopic (exact) mass is 327 g/mol. The second-order valence-electron chi connectivity index (χ2n) is 5.24. The van der Waals surface area contributed by atoms with E-state index < -0.39 is 10.0 Å².